The second kappa shape index (κ2) is 5.81. The Balaban J connectivity index is 1.58. The van der Waals surface area contributed by atoms with E-state index in [1.54, 1.807) is 0 Å². The molecule has 1 amide bonds. The van der Waals surface area contributed by atoms with E-state index in [1.165, 1.54) is 0 Å². The van der Waals surface area contributed by atoms with Gasteiger partial charge < -0.3 is 19.9 Å². The highest BCUT2D eigenvalue weighted by molar-refractivity contribution is 5.98. The molecule has 2 aliphatic rings. The van der Waals surface area contributed by atoms with Crippen molar-refractivity contribution in [3.05, 3.63) is 41.1 Å². The van der Waals surface area contributed by atoms with Crippen LogP contribution < -0.4 is 5.32 Å². The first-order valence-corrected chi connectivity index (χ1v) is 8.13. The molecule has 1 aromatic carbocycles. The zero-order valence-corrected chi connectivity index (χ0v) is 13.7. The van der Waals surface area contributed by atoms with Crippen LogP contribution in [0.2, 0.25) is 0 Å². The van der Waals surface area contributed by atoms with Gasteiger partial charge in [-0.05, 0) is 32.0 Å². The van der Waals surface area contributed by atoms with Crippen molar-refractivity contribution in [2.45, 2.75) is 38.2 Å². The van der Waals surface area contributed by atoms with Crippen LogP contribution in [0.3, 0.4) is 0 Å². The molecular formula is C18H20N2O4. The lowest BCUT2D eigenvalue weighted by atomic mass is 10.1. The number of hydrogen-bond acceptors (Lipinski definition) is 5. The van der Waals surface area contributed by atoms with Crippen LogP contribution in [-0.4, -0.2) is 53.6 Å². The fraction of sp³-hybridized carbons (Fsp3) is 0.444. The quantitative estimate of drug-likeness (QED) is 0.863. The third-order valence-electron chi connectivity index (χ3n) is 4.75. The summed E-state index contributed by atoms with van der Waals surface area (Å²) in [5.41, 5.74) is 3.24. The van der Waals surface area contributed by atoms with Crippen molar-refractivity contribution in [2.75, 3.05) is 13.2 Å². The third-order valence-corrected chi connectivity index (χ3v) is 4.75. The van der Waals surface area contributed by atoms with Gasteiger partial charge in [-0.15, -0.1) is 0 Å². The number of fused-ring (bicyclic) bond motifs is 2. The van der Waals surface area contributed by atoms with Crippen LogP contribution in [0.1, 0.15) is 21.6 Å². The predicted octanol–water partition coefficient (Wildman–Crippen LogP) is 1.11. The van der Waals surface area contributed by atoms with Crippen molar-refractivity contribution in [2.24, 2.45) is 0 Å². The van der Waals surface area contributed by atoms with Crippen molar-refractivity contribution < 1.29 is 19.4 Å². The summed E-state index contributed by atoms with van der Waals surface area (Å²) in [6.45, 7) is 4.44. The van der Waals surface area contributed by atoms with Gasteiger partial charge in [0.05, 0.1) is 36.0 Å². The first kappa shape index (κ1) is 15.5. The van der Waals surface area contributed by atoms with Crippen LogP contribution in [-0.2, 0) is 9.47 Å². The van der Waals surface area contributed by atoms with Crippen LogP contribution >= 0.6 is 0 Å². The van der Waals surface area contributed by atoms with E-state index >= 15 is 0 Å². The molecule has 0 saturated carbocycles. The number of aliphatic hydroxyl groups excluding tert-OH is 1. The Labute approximate surface area is 139 Å². The number of hydrogen-bond donors (Lipinski definition) is 2. The second-order valence-corrected chi connectivity index (χ2v) is 6.56. The maximum atomic E-state index is 12.7. The highest BCUT2D eigenvalue weighted by Gasteiger charge is 2.47. The third kappa shape index (κ3) is 2.56. The predicted molar refractivity (Wildman–Crippen MR) is 88.0 cm³/mol. The molecule has 6 heteroatoms. The zero-order valence-electron chi connectivity index (χ0n) is 13.7. The average Bonchev–Trinajstić information content (AvgIpc) is 3.11. The Morgan fingerprint density at radius 2 is 2.00 bits per heavy atom. The first-order valence-electron chi connectivity index (χ1n) is 8.13. The SMILES string of the molecule is Cc1ccc2nc(C)c(C(=O)N[C@H]3CO[C@H]4[C@@H]3OC[C@@H]4O)cc2c1. The number of benzene rings is 1. The molecule has 2 fully saturated rings. The normalized spacial score (nSPS) is 29.0. The lowest BCUT2D eigenvalue weighted by molar-refractivity contribution is 0.0178. The number of nitrogens with one attached hydrogen (secondary N) is 1. The van der Waals surface area contributed by atoms with Crippen molar-refractivity contribution in [3.8, 4) is 0 Å². The summed E-state index contributed by atoms with van der Waals surface area (Å²) in [6, 6.07) is 7.60. The van der Waals surface area contributed by atoms with Gasteiger partial charge >= 0.3 is 0 Å². The van der Waals surface area contributed by atoms with E-state index in [0.29, 0.717) is 17.9 Å². The summed E-state index contributed by atoms with van der Waals surface area (Å²) in [5, 5.41) is 13.7. The van der Waals surface area contributed by atoms with E-state index in [1.807, 2.05) is 38.1 Å². The first-order chi connectivity index (χ1) is 11.5. The van der Waals surface area contributed by atoms with Crippen LogP contribution in [0.15, 0.2) is 24.3 Å². The topological polar surface area (TPSA) is 80.7 Å². The summed E-state index contributed by atoms with van der Waals surface area (Å²) < 4.78 is 11.1. The van der Waals surface area contributed by atoms with E-state index < -0.39 is 6.10 Å². The van der Waals surface area contributed by atoms with Gasteiger partial charge in [0.15, 0.2) is 0 Å². The highest BCUT2D eigenvalue weighted by atomic mass is 16.6. The maximum absolute atomic E-state index is 12.7. The summed E-state index contributed by atoms with van der Waals surface area (Å²) in [4.78, 5) is 17.2. The molecule has 6 nitrogen and oxygen atoms in total. The van der Waals surface area contributed by atoms with Gasteiger partial charge in [0.25, 0.3) is 5.91 Å². The summed E-state index contributed by atoms with van der Waals surface area (Å²) >= 11 is 0. The number of aromatic nitrogens is 1. The molecule has 126 valence electrons. The van der Waals surface area contributed by atoms with E-state index in [0.717, 1.165) is 16.5 Å². The van der Waals surface area contributed by atoms with E-state index in [9.17, 15) is 9.90 Å². The Bertz CT molecular complexity index is 807. The molecule has 4 rings (SSSR count). The highest BCUT2D eigenvalue weighted by Crippen LogP contribution is 2.27. The molecule has 2 aromatic rings. The number of nitrogens with zero attached hydrogens (tertiary/aromatic N) is 1. The van der Waals surface area contributed by atoms with Gasteiger partial charge in [0, 0.05) is 5.39 Å². The molecule has 4 atom stereocenters. The van der Waals surface area contributed by atoms with Gasteiger partial charge in [-0.2, -0.15) is 0 Å². The van der Waals surface area contributed by atoms with Gasteiger partial charge in [-0.1, -0.05) is 11.6 Å². The van der Waals surface area contributed by atoms with Crippen molar-refractivity contribution in [1.29, 1.82) is 0 Å². The number of ether oxygens (including phenoxy) is 2. The number of carbonyl (C=O) groups is 1. The molecule has 0 unspecified atom stereocenters. The van der Waals surface area contributed by atoms with Gasteiger partial charge in [0.2, 0.25) is 0 Å². The number of rotatable bonds is 2. The smallest absolute Gasteiger partial charge is 0.253 e. The van der Waals surface area contributed by atoms with Crippen LogP contribution in [0.25, 0.3) is 10.9 Å². The molecule has 0 bridgehead atoms. The Morgan fingerprint density at radius 1 is 1.21 bits per heavy atom. The zero-order chi connectivity index (χ0) is 16.8. The summed E-state index contributed by atoms with van der Waals surface area (Å²) in [6.07, 6.45) is -1.27. The van der Waals surface area contributed by atoms with Crippen LogP contribution in [0.4, 0.5) is 0 Å². The Hall–Kier alpha value is -2.02. The Morgan fingerprint density at radius 3 is 2.83 bits per heavy atom. The molecular weight excluding hydrogens is 308 g/mol. The van der Waals surface area contributed by atoms with Crippen LogP contribution in [0, 0.1) is 13.8 Å². The lowest BCUT2D eigenvalue weighted by Gasteiger charge is -2.18. The number of pyridine rings is 1. The minimum absolute atomic E-state index is 0.192. The van der Waals surface area contributed by atoms with Crippen LogP contribution in [0.5, 0.6) is 0 Å². The number of carbonyl (C=O) groups excluding carboxylic acids is 1. The van der Waals surface area contributed by atoms with E-state index in [-0.39, 0.29) is 30.8 Å². The fourth-order valence-electron chi connectivity index (χ4n) is 3.47. The average molecular weight is 328 g/mol. The van der Waals surface area contributed by atoms with E-state index in [4.69, 9.17) is 9.47 Å². The molecule has 1 aromatic heterocycles. The lowest BCUT2D eigenvalue weighted by Crippen LogP contribution is -2.44. The number of aliphatic hydroxyl groups is 1. The minimum atomic E-state index is -0.621. The van der Waals surface area contributed by atoms with Crippen molar-refractivity contribution in [1.82, 2.24) is 10.3 Å². The van der Waals surface area contributed by atoms with Crippen molar-refractivity contribution in [3.63, 3.8) is 0 Å². The molecule has 2 saturated heterocycles. The molecule has 0 radical (unpaired) electrons. The summed E-state index contributed by atoms with van der Waals surface area (Å²) in [7, 11) is 0. The maximum Gasteiger partial charge on any atom is 0.253 e. The molecule has 24 heavy (non-hydrogen) atoms. The van der Waals surface area contributed by atoms with Crippen molar-refractivity contribution >= 4 is 16.8 Å². The second-order valence-electron chi connectivity index (χ2n) is 6.56. The molecule has 0 aliphatic carbocycles. The largest absolute Gasteiger partial charge is 0.388 e. The number of aryl methyl sites for hydroxylation is 2. The summed E-state index contributed by atoms with van der Waals surface area (Å²) in [5.74, 6) is -0.192. The number of amides is 1. The van der Waals surface area contributed by atoms with Gasteiger partial charge in [-0.25, -0.2) is 0 Å². The monoisotopic (exact) mass is 328 g/mol. The van der Waals surface area contributed by atoms with Gasteiger partial charge in [-0.3, -0.25) is 9.78 Å². The van der Waals surface area contributed by atoms with Gasteiger partial charge in [0.1, 0.15) is 18.3 Å². The molecule has 3 heterocycles. The Kier molecular flexibility index (Phi) is 3.75. The standard InChI is InChI=1S/C18H20N2O4/c1-9-3-4-13-11(5-9)6-12(10(2)19-13)18(22)20-14-7-23-17-15(21)8-24-16(14)17/h3-6,14-17,21H,7-8H2,1-2H3,(H,20,22)/t14-,15-,16+,17+/m0/s1. The fourth-order valence-corrected chi connectivity index (χ4v) is 3.47. The molecule has 0 spiro atoms. The minimum Gasteiger partial charge on any atom is -0.388 e. The molecule has 2 N–H and O–H groups in total. The molecule has 2 aliphatic heterocycles. The van der Waals surface area contributed by atoms with E-state index in [2.05, 4.69) is 10.3 Å².